The van der Waals surface area contributed by atoms with Gasteiger partial charge in [0.15, 0.2) is 0 Å². The van der Waals surface area contributed by atoms with Crippen molar-refractivity contribution in [2.45, 2.75) is 40.2 Å². The lowest BCUT2D eigenvalue weighted by molar-refractivity contribution is 0.532. The van der Waals surface area contributed by atoms with Crippen LogP contribution in [-0.2, 0) is 7.05 Å². The fraction of sp³-hybridized carbons (Fsp3) is 0.727. The summed E-state index contributed by atoms with van der Waals surface area (Å²) < 4.78 is 1.96. The van der Waals surface area contributed by atoms with Crippen molar-refractivity contribution in [1.29, 1.82) is 0 Å². The third-order valence-corrected chi connectivity index (χ3v) is 2.77. The van der Waals surface area contributed by atoms with Gasteiger partial charge in [-0.2, -0.15) is 5.10 Å². The molecule has 0 fully saturated rings. The first-order valence-electron chi connectivity index (χ1n) is 5.35. The van der Waals surface area contributed by atoms with Gasteiger partial charge in [0, 0.05) is 24.3 Å². The van der Waals surface area contributed by atoms with Crippen molar-refractivity contribution >= 4 is 0 Å². The molecule has 1 unspecified atom stereocenters. The third kappa shape index (κ3) is 1.98. The SMILES string of the molecule is CCNC(CC)c1c(C)nn(C)c1C. The Labute approximate surface area is 86.5 Å². The first kappa shape index (κ1) is 11.2. The predicted molar refractivity (Wildman–Crippen MR) is 59.4 cm³/mol. The van der Waals surface area contributed by atoms with Crippen molar-refractivity contribution < 1.29 is 0 Å². The smallest absolute Gasteiger partial charge is 0.0644 e. The molecule has 3 heteroatoms. The van der Waals surface area contributed by atoms with E-state index < -0.39 is 0 Å². The van der Waals surface area contributed by atoms with Gasteiger partial charge in [-0.15, -0.1) is 0 Å². The summed E-state index contributed by atoms with van der Waals surface area (Å²) in [5, 5.41) is 7.93. The van der Waals surface area contributed by atoms with E-state index in [0.717, 1.165) is 18.7 Å². The van der Waals surface area contributed by atoms with Crippen molar-refractivity contribution in [3.8, 4) is 0 Å². The highest BCUT2D eigenvalue weighted by molar-refractivity contribution is 5.28. The average Bonchev–Trinajstić information content (AvgIpc) is 2.39. The van der Waals surface area contributed by atoms with Crippen LogP contribution in [0.4, 0.5) is 0 Å². The molecule has 0 radical (unpaired) electrons. The van der Waals surface area contributed by atoms with E-state index in [2.05, 4.69) is 38.1 Å². The molecule has 1 aromatic rings. The molecule has 1 aromatic heterocycles. The van der Waals surface area contributed by atoms with E-state index in [-0.39, 0.29) is 0 Å². The summed E-state index contributed by atoms with van der Waals surface area (Å²) in [6.07, 6.45) is 1.11. The second-order valence-electron chi connectivity index (χ2n) is 3.73. The van der Waals surface area contributed by atoms with E-state index in [1.807, 2.05) is 11.7 Å². The highest BCUT2D eigenvalue weighted by atomic mass is 15.3. The zero-order valence-corrected chi connectivity index (χ0v) is 9.89. The Kier molecular flexibility index (Phi) is 3.69. The van der Waals surface area contributed by atoms with Crippen LogP contribution in [-0.4, -0.2) is 16.3 Å². The zero-order chi connectivity index (χ0) is 10.7. The van der Waals surface area contributed by atoms with Crippen molar-refractivity contribution in [2.24, 2.45) is 7.05 Å². The van der Waals surface area contributed by atoms with E-state index >= 15 is 0 Å². The summed E-state index contributed by atoms with van der Waals surface area (Å²) in [4.78, 5) is 0. The number of rotatable bonds is 4. The van der Waals surface area contributed by atoms with E-state index in [1.54, 1.807) is 0 Å². The van der Waals surface area contributed by atoms with Gasteiger partial charge in [-0.1, -0.05) is 13.8 Å². The highest BCUT2D eigenvalue weighted by Crippen LogP contribution is 2.23. The Hall–Kier alpha value is -0.830. The highest BCUT2D eigenvalue weighted by Gasteiger charge is 2.17. The van der Waals surface area contributed by atoms with E-state index in [4.69, 9.17) is 0 Å². The molecule has 0 amide bonds. The number of nitrogens with one attached hydrogen (secondary N) is 1. The first-order chi connectivity index (χ1) is 6.61. The summed E-state index contributed by atoms with van der Waals surface area (Å²) in [6.45, 7) is 9.58. The van der Waals surface area contributed by atoms with Crippen LogP contribution in [0.1, 0.15) is 43.3 Å². The molecule has 0 saturated heterocycles. The van der Waals surface area contributed by atoms with Gasteiger partial charge in [0.2, 0.25) is 0 Å². The van der Waals surface area contributed by atoms with Gasteiger partial charge in [-0.3, -0.25) is 4.68 Å². The molecular formula is C11H21N3. The standard InChI is InChI=1S/C11H21N3/c1-6-10(12-7-2)11-8(3)13-14(5)9(11)4/h10,12H,6-7H2,1-5H3. The summed E-state index contributed by atoms with van der Waals surface area (Å²) in [5.41, 5.74) is 3.80. The maximum absolute atomic E-state index is 4.44. The van der Waals surface area contributed by atoms with Crippen molar-refractivity contribution in [1.82, 2.24) is 15.1 Å². The lowest BCUT2D eigenvalue weighted by Crippen LogP contribution is -2.21. The second kappa shape index (κ2) is 4.60. The van der Waals surface area contributed by atoms with Crippen LogP contribution in [0.3, 0.4) is 0 Å². The minimum atomic E-state index is 0.452. The Morgan fingerprint density at radius 3 is 2.36 bits per heavy atom. The van der Waals surface area contributed by atoms with Crippen molar-refractivity contribution in [3.05, 3.63) is 17.0 Å². The van der Waals surface area contributed by atoms with Crippen LogP contribution in [0.25, 0.3) is 0 Å². The van der Waals surface area contributed by atoms with Crippen LogP contribution in [0, 0.1) is 13.8 Å². The van der Waals surface area contributed by atoms with E-state index in [9.17, 15) is 0 Å². The molecule has 0 aromatic carbocycles. The molecule has 0 aliphatic rings. The fourth-order valence-corrected chi connectivity index (χ4v) is 1.99. The molecule has 0 aliphatic carbocycles. The lowest BCUT2D eigenvalue weighted by Gasteiger charge is -2.16. The number of aryl methyl sites for hydroxylation is 2. The third-order valence-electron chi connectivity index (χ3n) is 2.77. The van der Waals surface area contributed by atoms with Gasteiger partial charge in [0.25, 0.3) is 0 Å². The summed E-state index contributed by atoms with van der Waals surface area (Å²) >= 11 is 0. The summed E-state index contributed by atoms with van der Waals surface area (Å²) in [6, 6.07) is 0.452. The van der Waals surface area contributed by atoms with Crippen molar-refractivity contribution in [2.75, 3.05) is 6.54 Å². The lowest BCUT2D eigenvalue weighted by atomic mass is 10.0. The molecule has 1 N–H and O–H groups in total. The average molecular weight is 195 g/mol. The minimum absolute atomic E-state index is 0.452. The van der Waals surface area contributed by atoms with Gasteiger partial charge in [0.05, 0.1) is 5.69 Å². The Morgan fingerprint density at radius 2 is 2.00 bits per heavy atom. The molecule has 0 aliphatic heterocycles. The molecule has 1 atom stereocenters. The largest absolute Gasteiger partial charge is 0.310 e. The topological polar surface area (TPSA) is 29.9 Å². The zero-order valence-electron chi connectivity index (χ0n) is 9.89. The van der Waals surface area contributed by atoms with Crippen LogP contribution in [0.5, 0.6) is 0 Å². The monoisotopic (exact) mass is 195 g/mol. The normalized spacial score (nSPS) is 13.2. The predicted octanol–water partition coefficient (Wildman–Crippen LogP) is 2.10. The minimum Gasteiger partial charge on any atom is -0.310 e. The van der Waals surface area contributed by atoms with Gasteiger partial charge >= 0.3 is 0 Å². The molecular weight excluding hydrogens is 174 g/mol. The van der Waals surface area contributed by atoms with E-state index in [0.29, 0.717) is 6.04 Å². The number of aromatic nitrogens is 2. The Bertz CT molecular complexity index is 302. The Balaban J connectivity index is 3.02. The number of hydrogen-bond donors (Lipinski definition) is 1. The number of nitrogens with zero attached hydrogens (tertiary/aromatic N) is 2. The van der Waals surface area contributed by atoms with E-state index in [1.165, 1.54) is 11.3 Å². The van der Waals surface area contributed by atoms with Gasteiger partial charge in [-0.25, -0.2) is 0 Å². The summed E-state index contributed by atoms with van der Waals surface area (Å²) in [5.74, 6) is 0. The quantitative estimate of drug-likeness (QED) is 0.797. The molecule has 0 spiro atoms. The van der Waals surface area contributed by atoms with Crippen LogP contribution >= 0.6 is 0 Å². The van der Waals surface area contributed by atoms with Gasteiger partial charge < -0.3 is 5.32 Å². The molecule has 1 rings (SSSR count). The fourth-order valence-electron chi connectivity index (χ4n) is 1.99. The number of hydrogen-bond acceptors (Lipinski definition) is 2. The Morgan fingerprint density at radius 1 is 1.36 bits per heavy atom. The maximum atomic E-state index is 4.44. The molecule has 0 bridgehead atoms. The maximum Gasteiger partial charge on any atom is 0.0644 e. The molecule has 3 nitrogen and oxygen atoms in total. The van der Waals surface area contributed by atoms with Gasteiger partial charge in [-0.05, 0) is 26.8 Å². The molecule has 80 valence electrons. The van der Waals surface area contributed by atoms with Gasteiger partial charge in [0.1, 0.15) is 0 Å². The molecule has 1 heterocycles. The first-order valence-corrected chi connectivity index (χ1v) is 5.35. The van der Waals surface area contributed by atoms with Crippen LogP contribution in [0.2, 0.25) is 0 Å². The molecule has 14 heavy (non-hydrogen) atoms. The second-order valence-corrected chi connectivity index (χ2v) is 3.73. The van der Waals surface area contributed by atoms with Crippen molar-refractivity contribution in [3.63, 3.8) is 0 Å². The van der Waals surface area contributed by atoms with Crippen LogP contribution in [0.15, 0.2) is 0 Å². The van der Waals surface area contributed by atoms with Crippen LogP contribution < -0.4 is 5.32 Å². The molecule has 0 saturated carbocycles. The summed E-state index contributed by atoms with van der Waals surface area (Å²) in [7, 11) is 2.00.